The van der Waals surface area contributed by atoms with Gasteiger partial charge in [-0.15, -0.1) is 0 Å². The Morgan fingerprint density at radius 3 is 2.96 bits per heavy atom. The molecule has 122 valence electrons. The molecule has 8 heteroatoms. The predicted octanol–water partition coefficient (Wildman–Crippen LogP) is 1.48. The van der Waals surface area contributed by atoms with E-state index in [9.17, 15) is 4.79 Å². The van der Waals surface area contributed by atoms with Crippen LogP contribution < -0.4 is 15.4 Å². The summed E-state index contributed by atoms with van der Waals surface area (Å²) in [6, 6.07) is 5.02. The van der Waals surface area contributed by atoms with Gasteiger partial charge < -0.3 is 14.8 Å². The molecule has 1 saturated heterocycles. The average molecular weight is 317 g/mol. The van der Waals surface area contributed by atoms with E-state index in [0.29, 0.717) is 18.3 Å². The fraction of sp³-hybridized carbons (Fsp3) is 0.400. The maximum atomic E-state index is 12.1. The van der Waals surface area contributed by atoms with Gasteiger partial charge in [-0.1, -0.05) is 0 Å². The van der Waals surface area contributed by atoms with Crippen molar-refractivity contribution in [2.75, 3.05) is 19.0 Å². The second-order valence-corrected chi connectivity index (χ2v) is 5.26. The van der Waals surface area contributed by atoms with Crippen LogP contribution in [0.1, 0.15) is 18.1 Å². The summed E-state index contributed by atoms with van der Waals surface area (Å²) in [4.78, 5) is 16.3. The summed E-state index contributed by atoms with van der Waals surface area (Å²) in [5, 5.41) is 9.72. The number of ether oxygens (including phenoxy) is 2. The summed E-state index contributed by atoms with van der Waals surface area (Å²) in [6.45, 7) is 0.591. The minimum absolute atomic E-state index is 0.113. The molecule has 0 aromatic carbocycles. The average Bonchev–Trinajstić information content (AvgIpc) is 3.17. The fourth-order valence-electron chi connectivity index (χ4n) is 2.56. The third kappa shape index (κ3) is 3.42. The van der Waals surface area contributed by atoms with Gasteiger partial charge in [-0.3, -0.25) is 10.00 Å². The van der Waals surface area contributed by atoms with Crippen LogP contribution in [0.25, 0.3) is 0 Å². The van der Waals surface area contributed by atoms with Crippen molar-refractivity contribution in [3.63, 3.8) is 0 Å². The first-order valence-corrected chi connectivity index (χ1v) is 7.34. The highest BCUT2D eigenvalue weighted by molar-refractivity contribution is 5.88. The standard InChI is InChI=1S/C15H19N5O3/c1-20-12(5-7-17-20)19-15(21)18-11-6-8-23-14(11)10-3-4-13(22-2)16-9-10/h3-5,7,9,11,14H,6,8H2,1-2H3,(H2,18,19,21)/t11-,14+/m0/s1. The number of hydrogen-bond acceptors (Lipinski definition) is 5. The van der Waals surface area contributed by atoms with E-state index in [0.717, 1.165) is 12.0 Å². The Balaban J connectivity index is 1.64. The highest BCUT2D eigenvalue weighted by Crippen LogP contribution is 2.29. The Morgan fingerprint density at radius 2 is 2.30 bits per heavy atom. The molecule has 0 spiro atoms. The van der Waals surface area contributed by atoms with Crippen molar-refractivity contribution in [2.24, 2.45) is 7.05 Å². The Bertz CT molecular complexity index is 670. The van der Waals surface area contributed by atoms with E-state index in [-0.39, 0.29) is 18.2 Å². The van der Waals surface area contributed by atoms with Gasteiger partial charge in [-0.25, -0.2) is 9.78 Å². The van der Waals surface area contributed by atoms with Crippen LogP contribution in [0.2, 0.25) is 0 Å². The van der Waals surface area contributed by atoms with E-state index >= 15 is 0 Å². The molecular weight excluding hydrogens is 298 g/mol. The molecule has 8 nitrogen and oxygen atoms in total. The molecule has 1 aliphatic heterocycles. The van der Waals surface area contributed by atoms with E-state index < -0.39 is 0 Å². The molecule has 0 bridgehead atoms. The normalized spacial score (nSPS) is 20.3. The molecule has 0 radical (unpaired) electrons. The first-order valence-electron chi connectivity index (χ1n) is 7.34. The number of carbonyl (C=O) groups is 1. The second-order valence-electron chi connectivity index (χ2n) is 5.26. The highest BCUT2D eigenvalue weighted by atomic mass is 16.5. The van der Waals surface area contributed by atoms with Crippen molar-refractivity contribution in [1.29, 1.82) is 0 Å². The Hall–Kier alpha value is -2.61. The van der Waals surface area contributed by atoms with Gasteiger partial charge >= 0.3 is 6.03 Å². The number of nitrogens with one attached hydrogen (secondary N) is 2. The summed E-state index contributed by atoms with van der Waals surface area (Å²) >= 11 is 0. The zero-order valence-electron chi connectivity index (χ0n) is 13.0. The van der Waals surface area contributed by atoms with E-state index in [2.05, 4.69) is 20.7 Å². The molecule has 2 amide bonds. The lowest BCUT2D eigenvalue weighted by atomic mass is 10.0. The number of amides is 2. The summed E-state index contributed by atoms with van der Waals surface area (Å²) in [5.41, 5.74) is 0.911. The fourth-order valence-corrected chi connectivity index (χ4v) is 2.56. The van der Waals surface area contributed by atoms with Gasteiger partial charge in [-0.2, -0.15) is 5.10 Å². The molecule has 0 saturated carbocycles. The molecule has 2 aromatic heterocycles. The first kappa shape index (κ1) is 15.3. The van der Waals surface area contributed by atoms with Crippen LogP contribution in [0, 0.1) is 0 Å². The second kappa shape index (κ2) is 6.66. The lowest BCUT2D eigenvalue weighted by molar-refractivity contribution is 0.100. The molecule has 2 atom stereocenters. The van der Waals surface area contributed by atoms with Crippen molar-refractivity contribution < 1.29 is 14.3 Å². The van der Waals surface area contributed by atoms with Crippen LogP contribution in [0.5, 0.6) is 5.88 Å². The molecule has 1 fully saturated rings. The summed E-state index contributed by atoms with van der Waals surface area (Å²) in [7, 11) is 3.33. The lowest BCUT2D eigenvalue weighted by Gasteiger charge is -2.20. The molecule has 0 unspecified atom stereocenters. The number of hydrogen-bond donors (Lipinski definition) is 2. The van der Waals surface area contributed by atoms with Crippen molar-refractivity contribution >= 4 is 11.8 Å². The quantitative estimate of drug-likeness (QED) is 0.891. The molecule has 3 rings (SSSR count). The molecule has 1 aliphatic rings. The Labute approximate surface area is 133 Å². The van der Waals surface area contributed by atoms with E-state index in [4.69, 9.17) is 9.47 Å². The van der Waals surface area contributed by atoms with Crippen LogP contribution in [0.15, 0.2) is 30.6 Å². The maximum Gasteiger partial charge on any atom is 0.320 e. The van der Waals surface area contributed by atoms with Crippen LogP contribution in [-0.2, 0) is 11.8 Å². The largest absolute Gasteiger partial charge is 0.481 e. The van der Waals surface area contributed by atoms with Gasteiger partial charge in [0.05, 0.1) is 19.3 Å². The smallest absolute Gasteiger partial charge is 0.320 e. The topological polar surface area (TPSA) is 90.3 Å². The number of pyridine rings is 1. The van der Waals surface area contributed by atoms with Crippen LogP contribution >= 0.6 is 0 Å². The first-order chi connectivity index (χ1) is 11.2. The van der Waals surface area contributed by atoms with Crippen molar-refractivity contribution in [3.05, 3.63) is 36.2 Å². The van der Waals surface area contributed by atoms with Crippen molar-refractivity contribution in [1.82, 2.24) is 20.1 Å². The molecule has 23 heavy (non-hydrogen) atoms. The van der Waals surface area contributed by atoms with Gasteiger partial charge in [0.1, 0.15) is 11.9 Å². The van der Waals surface area contributed by atoms with E-state index in [1.54, 1.807) is 43.4 Å². The molecule has 3 heterocycles. The number of aromatic nitrogens is 3. The van der Waals surface area contributed by atoms with E-state index in [1.165, 1.54) is 0 Å². The molecule has 2 aromatic rings. The number of rotatable bonds is 4. The monoisotopic (exact) mass is 317 g/mol. The summed E-state index contributed by atoms with van der Waals surface area (Å²) in [6.07, 6.45) is 3.86. The van der Waals surface area contributed by atoms with Crippen LogP contribution in [0.3, 0.4) is 0 Å². The number of urea groups is 1. The van der Waals surface area contributed by atoms with Crippen molar-refractivity contribution in [2.45, 2.75) is 18.6 Å². The van der Waals surface area contributed by atoms with Crippen LogP contribution in [0.4, 0.5) is 10.6 Å². The maximum absolute atomic E-state index is 12.1. The third-order valence-electron chi connectivity index (χ3n) is 3.77. The zero-order chi connectivity index (χ0) is 16.2. The molecule has 0 aliphatic carbocycles. The minimum Gasteiger partial charge on any atom is -0.481 e. The van der Waals surface area contributed by atoms with Crippen molar-refractivity contribution in [3.8, 4) is 5.88 Å². The lowest BCUT2D eigenvalue weighted by Crippen LogP contribution is -2.39. The number of anilines is 1. The number of methoxy groups -OCH3 is 1. The minimum atomic E-state index is -0.282. The van der Waals surface area contributed by atoms with Crippen LogP contribution in [-0.4, -0.2) is 40.6 Å². The number of carbonyl (C=O) groups excluding carboxylic acids is 1. The zero-order valence-corrected chi connectivity index (χ0v) is 13.0. The van der Waals surface area contributed by atoms with Gasteiger partial charge in [0.15, 0.2) is 0 Å². The predicted molar refractivity (Wildman–Crippen MR) is 83.2 cm³/mol. The molecule has 2 N–H and O–H groups in total. The van der Waals surface area contributed by atoms with Gasteiger partial charge in [0.2, 0.25) is 5.88 Å². The molecular formula is C15H19N5O3. The Morgan fingerprint density at radius 1 is 1.43 bits per heavy atom. The number of aryl methyl sites for hydroxylation is 1. The van der Waals surface area contributed by atoms with Gasteiger partial charge in [0, 0.05) is 37.5 Å². The number of nitrogens with zero attached hydrogens (tertiary/aromatic N) is 3. The SMILES string of the molecule is COc1ccc([C@H]2OCC[C@@H]2NC(=O)Nc2ccnn2C)cn1. The Kier molecular flexibility index (Phi) is 4.42. The summed E-state index contributed by atoms with van der Waals surface area (Å²) in [5.74, 6) is 1.18. The van der Waals surface area contributed by atoms with E-state index in [1.807, 2.05) is 6.07 Å². The van der Waals surface area contributed by atoms with Gasteiger partial charge in [0.25, 0.3) is 0 Å². The third-order valence-corrected chi connectivity index (χ3v) is 3.77. The summed E-state index contributed by atoms with van der Waals surface area (Å²) < 4.78 is 12.4. The highest BCUT2D eigenvalue weighted by Gasteiger charge is 2.31. The van der Waals surface area contributed by atoms with Gasteiger partial charge in [-0.05, 0) is 12.5 Å².